The molecule has 1 saturated carbocycles. The van der Waals surface area contributed by atoms with Crippen molar-refractivity contribution >= 4 is 29.4 Å². The number of Topliss-reactive ketones (excluding diaryl/α,β-unsaturated/α-hetero) is 1. The average molecular weight is 571 g/mol. The summed E-state index contributed by atoms with van der Waals surface area (Å²) < 4.78 is 0. The van der Waals surface area contributed by atoms with Gasteiger partial charge in [0, 0.05) is 25.9 Å². The van der Waals surface area contributed by atoms with E-state index in [0.29, 0.717) is 19.4 Å². The predicted octanol–water partition coefficient (Wildman–Crippen LogP) is 3.55. The molecule has 0 saturated heterocycles. The van der Waals surface area contributed by atoms with Crippen molar-refractivity contribution in [1.29, 1.82) is 0 Å². The van der Waals surface area contributed by atoms with Crippen molar-refractivity contribution < 1.29 is 24.0 Å². The summed E-state index contributed by atoms with van der Waals surface area (Å²) in [6.45, 7) is 11.2. The van der Waals surface area contributed by atoms with Crippen molar-refractivity contribution in [3.8, 4) is 0 Å². The van der Waals surface area contributed by atoms with Crippen molar-refractivity contribution in [3.63, 3.8) is 0 Å². The number of hydrogen-bond donors (Lipinski definition) is 3. The molecule has 0 heterocycles. The molecule has 2 unspecified atom stereocenters. The zero-order valence-corrected chi connectivity index (χ0v) is 25.7. The van der Waals surface area contributed by atoms with E-state index in [-0.39, 0.29) is 36.1 Å². The Balaban J connectivity index is 2.27. The number of carbonyl (C=O) groups is 5. The predicted molar refractivity (Wildman–Crippen MR) is 160 cm³/mol. The van der Waals surface area contributed by atoms with Crippen LogP contribution in [0.2, 0.25) is 0 Å². The fourth-order valence-electron chi connectivity index (χ4n) is 5.21. The molecule has 2 rings (SSSR count). The summed E-state index contributed by atoms with van der Waals surface area (Å²) in [5.74, 6) is -2.22. The zero-order chi connectivity index (χ0) is 30.5. The molecule has 4 amide bonds. The van der Waals surface area contributed by atoms with Crippen LogP contribution in [0.1, 0.15) is 92.1 Å². The maximum Gasteiger partial charge on any atom is 0.289 e. The summed E-state index contributed by atoms with van der Waals surface area (Å²) >= 11 is 0. The van der Waals surface area contributed by atoms with Crippen molar-refractivity contribution in [1.82, 2.24) is 20.9 Å². The molecule has 1 fully saturated rings. The Kier molecular flexibility index (Phi) is 14.0. The number of nitrogens with zero attached hydrogens (tertiary/aromatic N) is 1. The van der Waals surface area contributed by atoms with Crippen LogP contribution in [0.25, 0.3) is 0 Å². The first-order valence-electron chi connectivity index (χ1n) is 15.2. The topological polar surface area (TPSA) is 125 Å². The summed E-state index contributed by atoms with van der Waals surface area (Å²) in [5.41, 5.74) is 0.886. The molecule has 3 atom stereocenters. The third kappa shape index (κ3) is 11.7. The van der Waals surface area contributed by atoms with Gasteiger partial charge < -0.3 is 20.9 Å². The van der Waals surface area contributed by atoms with Crippen molar-refractivity contribution in [2.75, 3.05) is 6.54 Å². The highest BCUT2D eigenvalue weighted by molar-refractivity contribution is 6.38. The van der Waals surface area contributed by atoms with Crippen LogP contribution in [0.4, 0.5) is 0 Å². The minimum absolute atomic E-state index is 0.0174. The number of amides is 4. The van der Waals surface area contributed by atoms with Gasteiger partial charge in [-0.1, -0.05) is 77.3 Å². The van der Waals surface area contributed by atoms with Gasteiger partial charge in [-0.2, -0.15) is 0 Å². The lowest BCUT2D eigenvalue weighted by atomic mass is 9.95. The molecule has 0 bridgehead atoms. The Morgan fingerprint density at radius 3 is 2.07 bits per heavy atom. The molecule has 1 aliphatic rings. The summed E-state index contributed by atoms with van der Waals surface area (Å²) in [6, 6.07) is 6.63. The van der Waals surface area contributed by atoms with E-state index in [4.69, 9.17) is 0 Å². The van der Waals surface area contributed by atoms with Crippen molar-refractivity contribution in [3.05, 3.63) is 35.9 Å². The summed E-state index contributed by atoms with van der Waals surface area (Å²) in [4.78, 5) is 67.0. The third-order valence-corrected chi connectivity index (χ3v) is 7.48. The van der Waals surface area contributed by atoms with E-state index in [9.17, 15) is 24.0 Å². The minimum Gasteiger partial charge on any atom is -0.347 e. The second-order valence-electron chi connectivity index (χ2n) is 12.2. The average Bonchev–Trinajstić information content (AvgIpc) is 2.92. The molecule has 41 heavy (non-hydrogen) atoms. The Morgan fingerprint density at radius 2 is 1.51 bits per heavy atom. The Morgan fingerprint density at radius 1 is 0.878 bits per heavy atom. The highest BCUT2D eigenvalue weighted by Crippen LogP contribution is 2.19. The molecule has 1 aromatic rings. The van der Waals surface area contributed by atoms with Crippen LogP contribution in [-0.4, -0.2) is 65.0 Å². The molecule has 9 nitrogen and oxygen atoms in total. The Labute approximate surface area is 245 Å². The number of nitrogens with one attached hydrogen (secondary N) is 3. The van der Waals surface area contributed by atoms with Gasteiger partial charge in [0.1, 0.15) is 12.1 Å². The normalized spacial score (nSPS) is 16.0. The first-order valence-corrected chi connectivity index (χ1v) is 15.2. The minimum atomic E-state index is -1.04. The number of hydrogen-bond acceptors (Lipinski definition) is 5. The van der Waals surface area contributed by atoms with Crippen molar-refractivity contribution in [2.45, 2.75) is 117 Å². The zero-order valence-electron chi connectivity index (χ0n) is 25.7. The molecule has 3 N–H and O–H groups in total. The van der Waals surface area contributed by atoms with Crippen LogP contribution in [0, 0.1) is 11.8 Å². The lowest BCUT2D eigenvalue weighted by Crippen LogP contribution is -2.59. The third-order valence-electron chi connectivity index (χ3n) is 7.48. The maximum atomic E-state index is 14.1. The van der Waals surface area contributed by atoms with E-state index in [2.05, 4.69) is 16.0 Å². The standard InChI is InChI=1S/C32H50N4O5/c1-21(2)17-18-36(32(41)27(34-24(6)37)20-25-13-9-7-10-14-25)28(19-22(3)4)30(39)33-23(5)29(38)31(40)35-26-15-11-8-12-16-26/h7,9-10,13-14,21-23,26-28H,8,11-12,15-20H2,1-6H3,(H,33,39)(H,34,37)(H,35,40)/t23?,27-,28?/m0/s1. The van der Waals surface area contributed by atoms with Crippen LogP contribution < -0.4 is 16.0 Å². The van der Waals surface area contributed by atoms with Gasteiger partial charge >= 0.3 is 0 Å². The number of carbonyl (C=O) groups excluding carboxylic acids is 5. The molecule has 0 spiro atoms. The van der Waals surface area contributed by atoms with E-state index in [1.54, 1.807) is 4.90 Å². The molecule has 1 aliphatic carbocycles. The molecule has 0 radical (unpaired) electrons. The number of benzene rings is 1. The quantitative estimate of drug-likeness (QED) is 0.278. The first kappa shape index (κ1) is 34.0. The summed E-state index contributed by atoms with van der Waals surface area (Å²) in [5, 5.41) is 8.33. The SMILES string of the molecule is CC(=O)N[C@@H](Cc1ccccc1)C(=O)N(CCC(C)C)C(CC(C)C)C(=O)NC(C)C(=O)C(=O)NC1CCCCC1. The van der Waals surface area contributed by atoms with Crippen LogP contribution in [-0.2, 0) is 30.4 Å². The van der Waals surface area contributed by atoms with Gasteiger partial charge in [-0.25, -0.2) is 0 Å². The molecule has 0 aliphatic heterocycles. The maximum absolute atomic E-state index is 14.1. The fraction of sp³-hybridized carbons (Fsp3) is 0.656. The molecule has 0 aromatic heterocycles. The first-order chi connectivity index (χ1) is 19.4. The van der Waals surface area contributed by atoms with E-state index >= 15 is 0 Å². The second-order valence-corrected chi connectivity index (χ2v) is 12.2. The molecular weight excluding hydrogens is 520 g/mol. The molecular formula is C32H50N4O5. The van der Waals surface area contributed by atoms with Crippen LogP contribution in [0.15, 0.2) is 30.3 Å². The number of rotatable bonds is 15. The fourth-order valence-corrected chi connectivity index (χ4v) is 5.21. The van der Waals surface area contributed by atoms with Gasteiger partial charge in [0.15, 0.2) is 0 Å². The largest absolute Gasteiger partial charge is 0.347 e. The van der Waals surface area contributed by atoms with Gasteiger partial charge in [-0.05, 0) is 50.0 Å². The van der Waals surface area contributed by atoms with Crippen LogP contribution >= 0.6 is 0 Å². The van der Waals surface area contributed by atoms with Gasteiger partial charge in [0.2, 0.25) is 23.5 Å². The highest BCUT2D eigenvalue weighted by atomic mass is 16.2. The highest BCUT2D eigenvalue weighted by Gasteiger charge is 2.36. The summed E-state index contributed by atoms with van der Waals surface area (Å²) in [7, 11) is 0. The molecule has 9 heteroatoms. The number of ketones is 1. The van der Waals surface area contributed by atoms with E-state index in [1.807, 2.05) is 58.0 Å². The summed E-state index contributed by atoms with van der Waals surface area (Å²) in [6.07, 6.45) is 6.17. The monoisotopic (exact) mass is 570 g/mol. The van der Waals surface area contributed by atoms with Crippen LogP contribution in [0.3, 0.4) is 0 Å². The van der Waals surface area contributed by atoms with Gasteiger partial charge in [-0.15, -0.1) is 0 Å². The van der Waals surface area contributed by atoms with E-state index < -0.39 is 35.7 Å². The lowest BCUT2D eigenvalue weighted by molar-refractivity contribution is -0.145. The van der Waals surface area contributed by atoms with Crippen LogP contribution in [0.5, 0.6) is 0 Å². The Hall–Kier alpha value is -3.23. The lowest BCUT2D eigenvalue weighted by Gasteiger charge is -2.35. The smallest absolute Gasteiger partial charge is 0.289 e. The molecule has 228 valence electrons. The molecule has 1 aromatic carbocycles. The van der Waals surface area contributed by atoms with Crippen molar-refractivity contribution in [2.24, 2.45) is 11.8 Å². The van der Waals surface area contributed by atoms with E-state index in [1.165, 1.54) is 13.8 Å². The van der Waals surface area contributed by atoms with Gasteiger partial charge in [0.25, 0.3) is 5.91 Å². The van der Waals surface area contributed by atoms with Gasteiger partial charge in [0.05, 0.1) is 6.04 Å². The van der Waals surface area contributed by atoms with Gasteiger partial charge in [-0.3, -0.25) is 24.0 Å². The second kappa shape index (κ2) is 16.9. The van der Waals surface area contributed by atoms with E-state index in [0.717, 1.165) is 37.7 Å². The Bertz CT molecular complexity index is 1020.